The van der Waals surface area contributed by atoms with Gasteiger partial charge in [0, 0.05) is 23.6 Å². The summed E-state index contributed by atoms with van der Waals surface area (Å²) in [6.07, 6.45) is -1.37. The second-order valence-corrected chi connectivity index (χ2v) is 15.1. The Morgan fingerprint density at radius 2 is 0.968 bits per heavy atom. The molecule has 3 atom stereocenters. The molecule has 8 heteroatoms. The van der Waals surface area contributed by atoms with Crippen LogP contribution < -0.4 is 23.7 Å². The minimum Gasteiger partial charge on any atom is -0.489 e. The molecule has 7 aromatic carbocycles. The Morgan fingerprint density at radius 3 is 1.48 bits per heavy atom. The highest BCUT2D eigenvalue weighted by atomic mass is 16.6. The largest absolute Gasteiger partial charge is 0.489 e. The summed E-state index contributed by atoms with van der Waals surface area (Å²) < 4.78 is 45.8. The molecule has 0 unspecified atom stereocenters. The Kier molecular flexibility index (Phi) is 14.1. The summed E-state index contributed by atoms with van der Waals surface area (Å²) in [5.41, 5.74) is 6.52. The first kappa shape index (κ1) is 41.7. The predicted molar refractivity (Wildman–Crippen MR) is 238 cm³/mol. The number of rotatable bonds is 19. The average molecular weight is 827 g/mol. The van der Waals surface area contributed by atoms with Gasteiger partial charge in [0.1, 0.15) is 49.8 Å². The maximum atomic E-state index is 13.7. The van der Waals surface area contributed by atoms with Crippen LogP contribution in [0.1, 0.15) is 64.3 Å². The molecule has 0 saturated heterocycles. The minimum absolute atomic E-state index is 0.0156. The Hall–Kier alpha value is -7.03. The molecular weight excluding hydrogens is 777 g/mol. The van der Waals surface area contributed by atoms with E-state index in [2.05, 4.69) is 0 Å². The van der Waals surface area contributed by atoms with Crippen molar-refractivity contribution in [3.05, 3.63) is 221 Å². The van der Waals surface area contributed by atoms with Crippen LogP contribution in [-0.4, -0.2) is 18.7 Å². The molecule has 0 aliphatic carbocycles. The van der Waals surface area contributed by atoms with Crippen molar-refractivity contribution in [3.8, 4) is 28.7 Å². The van der Waals surface area contributed by atoms with Crippen LogP contribution in [0.15, 0.2) is 182 Å². The molecule has 0 fully saturated rings. The monoisotopic (exact) mass is 826 g/mol. The highest BCUT2D eigenvalue weighted by molar-refractivity contribution is 5.72. The molecule has 0 aromatic heterocycles. The molecule has 1 heterocycles. The van der Waals surface area contributed by atoms with E-state index in [0.29, 0.717) is 54.1 Å². The summed E-state index contributed by atoms with van der Waals surface area (Å²) in [5, 5.41) is 0. The highest BCUT2D eigenvalue weighted by Crippen LogP contribution is 2.52. The van der Waals surface area contributed by atoms with Gasteiger partial charge < -0.3 is 33.2 Å². The van der Waals surface area contributed by atoms with Crippen molar-refractivity contribution in [2.45, 2.75) is 64.5 Å². The van der Waals surface area contributed by atoms with E-state index in [-0.39, 0.29) is 32.2 Å². The topological polar surface area (TPSA) is 81.7 Å². The van der Waals surface area contributed by atoms with Crippen LogP contribution in [0.25, 0.3) is 0 Å². The summed E-state index contributed by atoms with van der Waals surface area (Å²) >= 11 is 0. The van der Waals surface area contributed by atoms with Gasteiger partial charge in [-0.05, 0) is 52.4 Å². The smallest absolute Gasteiger partial charge is 0.306 e. The van der Waals surface area contributed by atoms with E-state index in [9.17, 15) is 4.79 Å². The van der Waals surface area contributed by atoms with Crippen LogP contribution in [0.5, 0.6) is 28.7 Å². The molecule has 0 spiro atoms. The standard InChI is InChI=1S/C54H50O8/c1-2-56-51(55)33-46-52-49(60-37-42-24-14-6-15-25-42)31-45(57-34-39-18-8-3-9-19-39)32-50(52)62-53(54(46)61-38-43-26-16-7-17-27-43)44-28-29-47(58-35-40-20-10-4-11-21-40)48(30-44)59-36-41-22-12-5-13-23-41/h3-32,46,53-54H,2,33-38H2,1H3/t46-,53+,54+/m0/s1. The van der Waals surface area contributed by atoms with Crippen LogP contribution in [0, 0.1) is 0 Å². The van der Waals surface area contributed by atoms with Gasteiger partial charge in [-0.1, -0.05) is 158 Å². The molecule has 0 bridgehead atoms. The van der Waals surface area contributed by atoms with Gasteiger partial charge in [-0.15, -0.1) is 0 Å². The van der Waals surface area contributed by atoms with E-state index in [0.717, 1.165) is 33.4 Å². The number of benzene rings is 7. The Morgan fingerprint density at radius 1 is 0.500 bits per heavy atom. The van der Waals surface area contributed by atoms with E-state index >= 15 is 0 Å². The molecule has 1 aliphatic rings. The molecule has 8 nitrogen and oxygen atoms in total. The number of ether oxygens (including phenoxy) is 7. The van der Waals surface area contributed by atoms with Gasteiger partial charge >= 0.3 is 5.97 Å². The molecule has 314 valence electrons. The van der Waals surface area contributed by atoms with Gasteiger partial charge in [-0.25, -0.2) is 0 Å². The van der Waals surface area contributed by atoms with Gasteiger partial charge in [0.2, 0.25) is 0 Å². The highest BCUT2D eigenvalue weighted by Gasteiger charge is 2.44. The summed E-state index contributed by atoms with van der Waals surface area (Å²) in [7, 11) is 0. The van der Waals surface area contributed by atoms with E-state index in [1.807, 2.05) is 189 Å². The lowest BCUT2D eigenvalue weighted by Crippen LogP contribution is -2.38. The summed E-state index contributed by atoms with van der Waals surface area (Å²) in [5.74, 6) is 1.84. The number of hydrogen-bond donors (Lipinski definition) is 0. The van der Waals surface area contributed by atoms with Gasteiger partial charge in [0.15, 0.2) is 17.6 Å². The molecule has 8 rings (SSSR count). The minimum atomic E-state index is -0.709. The first-order valence-corrected chi connectivity index (χ1v) is 21.1. The lowest BCUT2D eigenvalue weighted by Gasteiger charge is -2.40. The fraction of sp³-hybridized carbons (Fsp3) is 0.204. The quantitative estimate of drug-likeness (QED) is 0.0746. The molecule has 62 heavy (non-hydrogen) atoms. The van der Waals surface area contributed by atoms with Crippen molar-refractivity contribution in [3.63, 3.8) is 0 Å². The fourth-order valence-electron chi connectivity index (χ4n) is 7.55. The Labute approximate surface area is 363 Å². The van der Waals surface area contributed by atoms with Crippen LogP contribution >= 0.6 is 0 Å². The summed E-state index contributed by atoms with van der Waals surface area (Å²) in [6, 6.07) is 59.6. The summed E-state index contributed by atoms with van der Waals surface area (Å²) in [4.78, 5) is 13.7. The third-order valence-electron chi connectivity index (χ3n) is 10.6. The maximum Gasteiger partial charge on any atom is 0.306 e. The van der Waals surface area contributed by atoms with E-state index in [1.54, 1.807) is 0 Å². The van der Waals surface area contributed by atoms with Gasteiger partial charge in [0.05, 0.1) is 19.6 Å². The van der Waals surface area contributed by atoms with Crippen LogP contribution in [0.3, 0.4) is 0 Å². The normalized spacial score (nSPS) is 15.4. The zero-order valence-electron chi connectivity index (χ0n) is 34.8. The average Bonchev–Trinajstić information content (AvgIpc) is 3.32. The SMILES string of the molecule is CCOC(=O)C[C@H]1c2c(OCc3ccccc3)cc(OCc3ccccc3)cc2O[C@H](c2ccc(OCc3ccccc3)c(OCc3ccccc3)c2)[C@@H]1OCc1ccccc1. The molecule has 7 aromatic rings. The maximum absolute atomic E-state index is 13.7. The number of esters is 1. The number of fused-ring (bicyclic) bond motifs is 1. The van der Waals surface area contributed by atoms with Crippen molar-refractivity contribution < 1.29 is 38.0 Å². The molecule has 0 radical (unpaired) electrons. The van der Waals surface area contributed by atoms with Crippen LogP contribution in [0.2, 0.25) is 0 Å². The number of hydrogen-bond acceptors (Lipinski definition) is 8. The molecule has 1 aliphatic heterocycles. The van der Waals surface area contributed by atoms with Crippen LogP contribution in [-0.2, 0) is 47.3 Å². The molecule has 0 amide bonds. The van der Waals surface area contributed by atoms with Gasteiger partial charge in [-0.3, -0.25) is 4.79 Å². The third kappa shape index (κ3) is 11.0. The van der Waals surface area contributed by atoms with E-state index in [4.69, 9.17) is 33.2 Å². The zero-order valence-corrected chi connectivity index (χ0v) is 34.8. The third-order valence-corrected chi connectivity index (χ3v) is 10.6. The lowest BCUT2D eigenvalue weighted by atomic mass is 9.81. The van der Waals surface area contributed by atoms with Crippen molar-refractivity contribution in [2.24, 2.45) is 0 Å². The van der Waals surface area contributed by atoms with Gasteiger partial charge in [-0.2, -0.15) is 0 Å². The van der Waals surface area contributed by atoms with E-state index < -0.39 is 18.1 Å². The lowest BCUT2D eigenvalue weighted by molar-refractivity contribution is -0.146. The Balaban J connectivity index is 1.22. The Bertz CT molecular complexity index is 2460. The van der Waals surface area contributed by atoms with Crippen molar-refractivity contribution >= 4 is 5.97 Å². The number of carbonyl (C=O) groups is 1. The van der Waals surface area contributed by atoms with Crippen molar-refractivity contribution in [1.82, 2.24) is 0 Å². The molecule has 0 saturated carbocycles. The second-order valence-electron chi connectivity index (χ2n) is 15.1. The van der Waals surface area contributed by atoms with Crippen molar-refractivity contribution in [1.29, 1.82) is 0 Å². The first-order chi connectivity index (χ1) is 30.6. The van der Waals surface area contributed by atoms with Gasteiger partial charge in [0.25, 0.3) is 0 Å². The first-order valence-electron chi connectivity index (χ1n) is 21.1. The van der Waals surface area contributed by atoms with E-state index in [1.165, 1.54) is 0 Å². The van der Waals surface area contributed by atoms with Crippen molar-refractivity contribution in [2.75, 3.05) is 6.61 Å². The molecular formula is C54H50O8. The summed E-state index contributed by atoms with van der Waals surface area (Å²) in [6.45, 7) is 3.63. The zero-order chi connectivity index (χ0) is 42.4. The second kappa shape index (κ2) is 21.0. The molecule has 0 N–H and O–H groups in total. The predicted octanol–water partition coefficient (Wildman–Crippen LogP) is 11.8. The number of carbonyl (C=O) groups excluding carboxylic acids is 1. The van der Waals surface area contributed by atoms with Crippen LogP contribution in [0.4, 0.5) is 0 Å². The fourth-order valence-corrected chi connectivity index (χ4v) is 7.55.